The predicted molar refractivity (Wildman–Crippen MR) is 117 cm³/mol. The van der Waals surface area contributed by atoms with Crippen LogP contribution >= 0.6 is 12.2 Å². The zero-order valence-electron chi connectivity index (χ0n) is 15.9. The first-order valence-corrected chi connectivity index (χ1v) is 9.38. The lowest BCUT2D eigenvalue weighted by Crippen LogP contribution is -2.34. The summed E-state index contributed by atoms with van der Waals surface area (Å²) in [5, 5.41) is 6.03. The van der Waals surface area contributed by atoms with Gasteiger partial charge in [-0.3, -0.25) is 10.1 Å². The highest BCUT2D eigenvalue weighted by molar-refractivity contribution is 7.80. The number of rotatable bonds is 5. The second-order valence-electron chi connectivity index (χ2n) is 6.53. The first kappa shape index (κ1) is 19.6. The molecule has 0 unspecified atom stereocenters. The van der Waals surface area contributed by atoms with Crippen molar-refractivity contribution in [1.29, 1.82) is 0 Å². The molecule has 3 aromatic rings. The van der Waals surface area contributed by atoms with Crippen LogP contribution in [0, 0.1) is 13.8 Å². The van der Waals surface area contributed by atoms with Gasteiger partial charge in [0.15, 0.2) is 5.11 Å². The average Bonchev–Trinajstić information content (AvgIpc) is 2.69. The van der Waals surface area contributed by atoms with E-state index in [1.165, 1.54) is 5.56 Å². The molecule has 2 N–H and O–H groups in total. The summed E-state index contributed by atoms with van der Waals surface area (Å²) < 4.78 is 5.74. The molecule has 0 radical (unpaired) electrons. The van der Waals surface area contributed by atoms with Gasteiger partial charge < -0.3 is 10.1 Å². The van der Waals surface area contributed by atoms with Gasteiger partial charge in [-0.25, -0.2) is 0 Å². The van der Waals surface area contributed by atoms with Gasteiger partial charge in [0.05, 0.1) is 0 Å². The molecule has 5 heteroatoms. The van der Waals surface area contributed by atoms with E-state index >= 15 is 0 Å². The fraction of sp³-hybridized carbons (Fsp3) is 0.130. The minimum absolute atomic E-state index is 0.265. The third-order valence-corrected chi connectivity index (χ3v) is 4.43. The summed E-state index contributed by atoms with van der Waals surface area (Å²) in [7, 11) is 0. The molecule has 142 valence electrons. The molecule has 0 saturated carbocycles. The number of hydrogen-bond acceptors (Lipinski definition) is 3. The lowest BCUT2D eigenvalue weighted by Gasteiger charge is -2.12. The van der Waals surface area contributed by atoms with Gasteiger partial charge >= 0.3 is 0 Å². The Hall–Kier alpha value is -3.18. The van der Waals surface area contributed by atoms with Crippen molar-refractivity contribution in [3.05, 3.63) is 95.1 Å². The van der Waals surface area contributed by atoms with Crippen molar-refractivity contribution < 1.29 is 9.53 Å². The van der Waals surface area contributed by atoms with Crippen molar-refractivity contribution >= 4 is 28.9 Å². The van der Waals surface area contributed by atoms with Crippen molar-refractivity contribution in [2.24, 2.45) is 0 Å². The van der Waals surface area contributed by atoms with Gasteiger partial charge in [-0.1, -0.05) is 48.0 Å². The van der Waals surface area contributed by atoms with Crippen molar-refractivity contribution in [3.63, 3.8) is 0 Å². The van der Waals surface area contributed by atoms with Crippen LogP contribution in [0.15, 0.2) is 72.8 Å². The third-order valence-electron chi connectivity index (χ3n) is 4.22. The van der Waals surface area contributed by atoms with Crippen LogP contribution in [0.25, 0.3) is 0 Å². The number of hydrogen-bond donors (Lipinski definition) is 2. The van der Waals surface area contributed by atoms with E-state index in [1.807, 2.05) is 56.3 Å². The number of anilines is 1. The molecule has 0 aromatic heterocycles. The zero-order valence-corrected chi connectivity index (χ0v) is 16.7. The summed E-state index contributed by atoms with van der Waals surface area (Å²) in [6.45, 7) is 4.51. The second kappa shape index (κ2) is 9.15. The fourth-order valence-electron chi connectivity index (χ4n) is 2.73. The SMILES string of the molecule is Cc1ccc(NC(=S)NC(=O)c2ccc(OCc3ccccc3)cc2)c(C)c1. The highest BCUT2D eigenvalue weighted by Gasteiger charge is 2.09. The quantitative estimate of drug-likeness (QED) is 0.601. The Bertz CT molecular complexity index is 970. The Morgan fingerprint density at radius 2 is 1.68 bits per heavy atom. The Morgan fingerprint density at radius 3 is 2.36 bits per heavy atom. The first-order chi connectivity index (χ1) is 13.5. The van der Waals surface area contributed by atoms with E-state index in [-0.39, 0.29) is 11.0 Å². The van der Waals surface area contributed by atoms with Crippen LogP contribution in [0.1, 0.15) is 27.0 Å². The van der Waals surface area contributed by atoms with E-state index in [0.717, 1.165) is 16.8 Å². The third kappa shape index (κ3) is 5.41. The number of ether oxygens (including phenoxy) is 1. The maximum atomic E-state index is 12.4. The Labute approximate surface area is 170 Å². The molecule has 0 aliphatic carbocycles. The van der Waals surface area contributed by atoms with Gasteiger partial charge in [-0.15, -0.1) is 0 Å². The summed E-state index contributed by atoms with van der Waals surface area (Å²) in [5.41, 5.74) is 4.72. The Morgan fingerprint density at radius 1 is 0.964 bits per heavy atom. The largest absolute Gasteiger partial charge is 0.489 e. The number of nitrogens with one attached hydrogen (secondary N) is 2. The molecule has 0 atom stereocenters. The fourth-order valence-corrected chi connectivity index (χ4v) is 2.93. The van der Waals surface area contributed by atoms with Gasteiger partial charge in [0.1, 0.15) is 12.4 Å². The molecule has 3 rings (SSSR count). The molecule has 0 aliphatic heterocycles. The van der Waals surface area contributed by atoms with Crippen LogP contribution in [-0.2, 0) is 6.61 Å². The standard InChI is InChI=1S/C23H22N2O2S/c1-16-8-13-21(17(2)14-16)24-23(28)25-22(26)19-9-11-20(12-10-19)27-15-18-6-4-3-5-7-18/h3-14H,15H2,1-2H3,(H2,24,25,26,28). The smallest absolute Gasteiger partial charge is 0.257 e. The molecule has 4 nitrogen and oxygen atoms in total. The van der Waals surface area contributed by atoms with Gasteiger partial charge in [0.25, 0.3) is 5.91 Å². The first-order valence-electron chi connectivity index (χ1n) is 8.97. The number of amides is 1. The molecule has 0 aliphatic rings. The van der Waals surface area contributed by atoms with Gasteiger partial charge in [-0.2, -0.15) is 0 Å². The molecule has 0 saturated heterocycles. The zero-order chi connectivity index (χ0) is 19.9. The number of thiocarbonyl (C=S) groups is 1. The predicted octanol–water partition coefficient (Wildman–Crippen LogP) is 5.01. The number of carbonyl (C=O) groups is 1. The van der Waals surface area contributed by atoms with Crippen molar-refractivity contribution in [2.75, 3.05) is 5.32 Å². The monoisotopic (exact) mass is 390 g/mol. The van der Waals surface area contributed by atoms with Crippen molar-refractivity contribution in [2.45, 2.75) is 20.5 Å². The molecule has 28 heavy (non-hydrogen) atoms. The number of aryl methyl sites for hydroxylation is 2. The summed E-state index contributed by atoms with van der Waals surface area (Å²) in [6, 6.07) is 22.9. The summed E-state index contributed by atoms with van der Waals surface area (Å²) in [4.78, 5) is 12.4. The van der Waals surface area contributed by atoms with Gasteiger partial charge in [0, 0.05) is 11.3 Å². The van der Waals surface area contributed by atoms with E-state index in [9.17, 15) is 4.79 Å². The van der Waals surface area contributed by atoms with E-state index in [2.05, 4.69) is 16.7 Å². The molecule has 0 bridgehead atoms. The van der Waals surface area contributed by atoms with Gasteiger partial charge in [-0.05, 0) is 67.5 Å². The Kier molecular flexibility index (Phi) is 6.40. The second-order valence-corrected chi connectivity index (χ2v) is 6.93. The molecular weight excluding hydrogens is 368 g/mol. The molecular formula is C23H22N2O2S. The molecule has 0 spiro atoms. The minimum Gasteiger partial charge on any atom is -0.489 e. The van der Waals surface area contributed by atoms with Crippen LogP contribution in [0.5, 0.6) is 5.75 Å². The highest BCUT2D eigenvalue weighted by atomic mass is 32.1. The van der Waals surface area contributed by atoms with E-state index in [0.29, 0.717) is 17.9 Å². The Balaban J connectivity index is 1.54. The van der Waals surface area contributed by atoms with E-state index in [4.69, 9.17) is 17.0 Å². The summed E-state index contributed by atoms with van der Waals surface area (Å²) >= 11 is 5.26. The number of benzene rings is 3. The lowest BCUT2D eigenvalue weighted by molar-refractivity contribution is 0.0977. The minimum atomic E-state index is -0.267. The summed E-state index contributed by atoms with van der Waals surface area (Å²) in [6.07, 6.45) is 0. The topological polar surface area (TPSA) is 50.4 Å². The molecule has 3 aromatic carbocycles. The van der Waals surface area contributed by atoms with Crippen LogP contribution in [-0.4, -0.2) is 11.0 Å². The normalized spacial score (nSPS) is 10.2. The van der Waals surface area contributed by atoms with Crippen molar-refractivity contribution in [3.8, 4) is 5.75 Å². The molecule has 1 amide bonds. The van der Waals surface area contributed by atoms with E-state index < -0.39 is 0 Å². The highest BCUT2D eigenvalue weighted by Crippen LogP contribution is 2.16. The average molecular weight is 391 g/mol. The van der Waals surface area contributed by atoms with Gasteiger partial charge in [0.2, 0.25) is 0 Å². The number of carbonyl (C=O) groups excluding carboxylic acids is 1. The maximum Gasteiger partial charge on any atom is 0.257 e. The summed E-state index contributed by atoms with van der Waals surface area (Å²) in [5.74, 6) is 0.438. The molecule has 0 heterocycles. The van der Waals surface area contributed by atoms with Crippen LogP contribution in [0.2, 0.25) is 0 Å². The van der Waals surface area contributed by atoms with Crippen LogP contribution in [0.4, 0.5) is 5.69 Å². The molecule has 0 fully saturated rings. The van der Waals surface area contributed by atoms with Crippen LogP contribution < -0.4 is 15.4 Å². The lowest BCUT2D eigenvalue weighted by atomic mass is 10.1. The van der Waals surface area contributed by atoms with Crippen molar-refractivity contribution in [1.82, 2.24) is 5.32 Å². The maximum absolute atomic E-state index is 12.4. The van der Waals surface area contributed by atoms with Crippen LogP contribution in [0.3, 0.4) is 0 Å². The van der Waals surface area contributed by atoms with E-state index in [1.54, 1.807) is 24.3 Å².